The number of thiophene rings is 2. The van der Waals surface area contributed by atoms with Crippen molar-refractivity contribution in [3.63, 3.8) is 0 Å². The number of fused-ring (bicyclic) bond motifs is 2. The molecule has 0 saturated carbocycles. The summed E-state index contributed by atoms with van der Waals surface area (Å²) < 4.78 is 2.30. The average Bonchev–Trinajstić information content (AvgIpc) is 4.18. The fourth-order valence-corrected chi connectivity index (χ4v) is 12.3. The van der Waals surface area contributed by atoms with Gasteiger partial charge >= 0.3 is 0 Å². The largest absolute Gasteiger partial charge is 0.208 e. The summed E-state index contributed by atoms with van der Waals surface area (Å²) in [5, 5.41) is 2.27. The van der Waals surface area contributed by atoms with E-state index in [1.807, 2.05) is 18.2 Å². The second-order valence-electron chi connectivity index (χ2n) is 19.0. The summed E-state index contributed by atoms with van der Waals surface area (Å²) in [5.41, 5.74) is 14.5. The van der Waals surface area contributed by atoms with Crippen molar-refractivity contribution in [2.24, 2.45) is 0 Å². The SMILES string of the molecule is c1ccc(-c2cc(-c3nc(-c4cc5ccccc5s4)nc(-c4ccccc4-c4ccccc4)n3)ccc2-c2ccc3cc(-c4nc(-c5ccccc5-c5ccccc5)nc(-c5ccccc5-c5ccccc5)n4)sc3c2)cc1. The lowest BCUT2D eigenvalue weighted by Crippen LogP contribution is -2.01. The van der Waals surface area contributed by atoms with Crippen molar-refractivity contribution in [3.05, 3.63) is 267 Å². The van der Waals surface area contributed by atoms with Gasteiger partial charge in [0.1, 0.15) is 0 Å². The van der Waals surface area contributed by atoms with E-state index in [2.05, 4.69) is 249 Å². The average molecular weight is 1030 g/mol. The van der Waals surface area contributed by atoms with Crippen molar-refractivity contribution in [1.29, 1.82) is 0 Å². The summed E-state index contributed by atoms with van der Waals surface area (Å²) in [6.45, 7) is 0. The molecule has 0 saturated heterocycles. The number of hydrogen-bond acceptors (Lipinski definition) is 8. The van der Waals surface area contributed by atoms with Crippen LogP contribution in [0.4, 0.5) is 0 Å². The molecule has 0 aliphatic heterocycles. The normalized spacial score (nSPS) is 11.3. The smallest absolute Gasteiger partial charge is 0.174 e. The second-order valence-corrected chi connectivity index (χ2v) is 21.2. The Morgan fingerprint density at radius 1 is 0.192 bits per heavy atom. The lowest BCUT2D eigenvalue weighted by Gasteiger charge is -2.14. The van der Waals surface area contributed by atoms with Gasteiger partial charge in [0.05, 0.1) is 9.75 Å². The van der Waals surface area contributed by atoms with E-state index in [1.165, 1.54) is 4.70 Å². The zero-order chi connectivity index (χ0) is 51.8. The van der Waals surface area contributed by atoms with Gasteiger partial charge in [-0.1, -0.05) is 237 Å². The Bertz CT molecular complexity index is 4360. The molecule has 0 amide bonds. The Labute approximate surface area is 459 Å². The van der Waals surface area contributed by atoms with Gasteiger partial charge in [-0.3, -0.25) is 0 Å². The van der Waals surface area contributed by atoms with E-state index in [0.717, 1.165) is 103 Å². The molecular weight excluding hydrogens is 989 g/mol. The molecule has 0 bridgehead atoms. The van der Waals surface area contributed by atoms with Crippen LogP contribution in [0.1, 0.15) is 0 Å². The van der Waals surface area contributed by atoms with Crippen LogP contribution in [0.25, 0.3) is 143 Å². The fourth-order valence-electron chi connectivity index (χ4n) is 10.3. The summed E-state index contributed by atoms with van der Waals surface area (Å²) in [7, 11) is 0. The highest BCUT2D eigenvalue weighted by Gasteiger charge is 2.22. The summed E-state index contributed by atoms with van der Waals surface area (Å²) in [6, 6.07) is 93.2. The van der Waals surface area contributed by atoms with Crippen molar-refractivity contribution in [2.75, 3.05) is 0 Å². The highest BCUT2D eigenvalue weighted by atomic mass is 32.1. The first-order valence-corrected chi connectivity index (χ1v) is 27.5. The summed E-state index contributed by atoms with van der Waals surface area (Å²) >= 11 is 3.39. The molecule has 366 valence electrons. The fraction of sp³-hybridized carbons (Fsp3) is 0. The minimum atomic E-state index is 0.603. The Balaban J connectivity index is 0.897. The molecule has 0 aliphatic rings. The Kier molecular flexibility index (Phi) is 12.2. The van der Waals surface area contributed by atoms with E-state index in [0.29, 0.717) is 34.9 Å². The maximum absolute atomic E-state index is 5.31. The molecule has 14 aromatic rings. The number of aromatic nitrogens is 6. The maximum Gasteiger partial charge on any atom is 0.174 e. The van der Waals surface area contributed by atoms with Crippen LogP contribution >= 0.6 is 22.7 Å². The molecule has 78 heavy (non-hydrogen) atoms. The molecule has 10 aromatic carbocycles. The van der Waals surface area contributed by atoms with Gasteiger partial charge in [0.15, 0.2) is 34.9 Å². The van der Waals surface area contributed by atoms with Crippen LogP contribution in [-0.4, -0.2) is 29.9 Å². The van der Waals surface area contributed by atoms with Crippen LogP contribution in [0.3, 0.4) is 0 Å². The minimum Gasteiger partial charge on any atom is -0.208 e. The quantitative estimate of drug-likeness (QED) is 0.128. The lowest BCUT2D eigenvalue weighted by molar-refractivity contribution is 1.08. The molecule has 0 fully saturated rings. The Morgan fingerprint density at radius 3 is 1.03 bits per heavy atom. The van der Waals surface area contributed by atoms with E-state index in [-0.39, 0.29) is 0 Å². The molecule has 6 nitrogen and oxygen atoms in total. The summed E-state index contributed by atoms with van der Waals surface area (Å²) in [6.07, 6.45) is 0. The molecule has 0 spiro atoms. The van der Waals surface area contributed by atoms with Crippen LogP contribution in [0.2, 0.25) is 0 Å². The zero-order valence-corrected chi connectivity index (χ0v) is 43.5. The Hall–Kier alpha value is -9.86. The number of rotatable bonds is 11. The van der Waals surface area contributed by atoms with Gasteiger partial charge in [-0.2, -0.15) is 0 Å². The van der Waals surface area contributed by atoms with Crippen molar-refractivity contribution < 1.29 is 0 Å². The number of nitrogens with zero attached hydrogens (tertiary/aromatic N) is 6. The van der Waals surface area contributed by atoms with Crippen LogP contribution in [0, 0.1) is 0 Å². The van der Waals surface area contributed by atoms with Crippen molar-refractivity contribution in [3.8, 4) is 123 Å². The first-order chi connectivity index (χ1) is 38.6. The third-order valence-corrected chi connectivity index (χ3v) is 16.3. The van der Waals surface area contributed by atoms with Crippen molar-refractivity contribution in [2.45, 2.75) is 0 Å². The molecule has 0 atom stereocenters. The van der Waals surface area contributed by atoms with Crippen LogP contribution in [-0.2, 0) is 0 Å². The highest BCUT2D eigenvalue weighted by molar-refractivity contribution is 7.22. The van der Waals surface area contributed by atoms with E-state index in [1.54, 1.807) is 22.7 Å². The van der Waals surface area contributed by atoms with Crippen LogP contribution in [0.5, 0.6) is 0 Å². The van der Waals surface area contributed by atoms with Gasteiger partial charge in [0.2, 0.25) is 0 Å². The maximum atomic E-state index is 5.31. The summed E-state index contributed by atoms with van der Waals surface area (Å²) in [4.78, 5) is 33.7. The molecule has 8 heteroatoms. The molecule has 0 unspecified atom stereocenters. The number of hydrogen-bond donors (Lipinski definition) is 0. The topological polar surface area (TPSA) is 77.3 Å². The van der Waals surface area contributed by atoms with Gasteiger partial charge in [0.25, 0.3) is 0 Å². The number of benzene rings is 10. The van der Waals surface area contributed by atoms with Gasteiger partial charge in [-0.25, -0.2) is 29.9 Å². The molecule has 0 aliphatic carbocycles. The second kappa shape index (κ2) is 20.3. The van der Waals surface area contributed by atoms with Crippen LogP contribution < -0.4 is 0 Å². The van der Waals surface area contributed by atoms with Gasteiger partial charge in [0, 0.05) is 31.7 Å². The van der Waals surface area contributed by atoms with Gasteiger partial charge < -0.3 is 0 Å². The first-order valence-electron chi connectivity index (χ1n) is 25.8. The van der Waals surface area contributed by atoms with Gasteiger partial charge in [-0.15, -0.1) is 22.7 Å². The monoisotopic (exact) mass is 1030 g/mol. The predicted octanol–water partition coefficient (Wildman–Crippen LogP) is 18.8. The van der Waals surface area contributed by atoms with Crippen molar-refractivity contribution >= 4 is 42.8 Å². The van der Waals surface area contributed by atoms with Crippen molar-refractivity contribution in [1.82, 2.24) is 29.9 Å². The molecule has 14 rings (SSSR count). The van der Waals surface area contributed by atoms with E-state index in [9.17, 15) is 0 Å². The van der Waals surface area contributed by atoms with Crippen LogP contribution in [0.15, 0.2) is 267 Å². The van der Waals surface area contributed by atoms with E-state index < -0.39 is 0 Å². The molecule has 0 N–H and O–H groups in total. The van der Waals surface area contributed by atoms with Gasteiger partial charge in [-0.05, 0) is 96.7 Å². The molecule has 0 radical (unpaired) electrons. The standard InChI is InChI=1S/C70H44N6S2/c1-5-21-45(22-6-1)53-30-14-17-33-57(53)66-71-65(72-69(74-66)63-43-50-29-13-20-36-61(50)77-63)52-39-40-56(60(41-52)48-27-11-4-12-28-48)49-37-38-51-44-64(78-62(51)42-49)70-75-67(58-34-18-15-31-54(58)46-23-7-2-8-24-46)73-68(76-70)59-35-19-16-32-55(59)47-25-9-3-10-26-47/h1-44H. The van der Waals surface area contributed by atoms with E-state index >= 15 is 0 Å². The third kappa shape index (κ3) is 9.05. The molecular formula is C70H44N6S2. The highest BCUT2D eigenvalue weighted by Crippen LogP contribution is 2.43. The zero-order valence-electron chi connectivity index (χ0n) is 41.9. The Morgan fingerprint density at radius 2 is 0.538 bits per heavy atom. The summed E-state index contributed by atoms with van der Waals surface area (Å²) in [5.74, 6) is 3.72. The first kappa shape index (κ1) is 46.7. The lowest BCUT2D eigenvalue weighted by atomic mass is 9.92. The van der Waals surface area contributed by atoms with E-state index in [4.69, 9.17) is 29.9 Å². The molecule has 4 heterocycles. The predicted molar refractivity (Wildman–Crippen MR) is 324 cm³/mol. The minimum absolute atomic E-state index is 0.603. The third-order valence-electron chi connectivity index (χ3n) is 14.1. The molecule has 4 aromatic heterocycles.